The van der Waals surface area contributed by atoms with Crippen LogP contribution in [0.25, 0.3) is 0 Å². The van der Waals surface area contributed by atoms with Crippen LogP contribution in [0.1, 0.15) is 64.3 Å². The summed E-state index contributed by atoms with van der Waals surface area (Å²) in [6.07, 6.45) is 0.871. The summed E-state index contributed by atoms with van der Waals surface area (Å²) in [6.45, 7) is 18.3. The topological polar surface area (TPSA) is 87.7 Å². The van der Waals surface area contributed by atoms with Crippen molar-refractivity contribution < 1.29 is 19.1 Å². The minimum atomic E-state index is -0.870. The number of carbonyl (C=O) groups is 3. The summed E-state index contributed by atoms with van der Waals surface area (Å²) in [7, 11) is 0. The molecular formula is C24H37N3O4. The van der Waals surface area contributed by atoms with Crippen molar-refractivity contribution >= 4 is 17.9 Å². The Morgan fingerprint density at radius 3 is 2.26 bits per heavy atom. The van der Waals surface area contributed by atoms with Crippen molar-refractivity contribution in [2.75, 3.05) is 13.1 Å². The summed E-state index contributed by atoms with van der Waals surface area (Å²) >= 11 is 0. The highest BCUT2D eigenvalue weighted by molar-refractivity contribution is 5.91. The van der Waals surface area contributed by atoms with Gasteiger partial charge in [0, 0.05) is 12.1 Å². The first kappa shape index (κ1) is 26.2. The first-order valence-electron chi connectivity index (χ1n) is 10.4. The predicted octanol–water partition coefficient (Wildman–Crippen LogP) is 3.80. The maximum Gasteiger partial charge on any atom is 0.408 e. The van der Waals surface area contributed by atoms with Crippen LogP contribution >= 0.6 is 0 Å². The number of nitrogens with one attached hydrogen (secondary N) is 2. The Morgan fingerprint density at radius 2 is 1.74 bits per heavy atom. The van der Waals surface area contributed by atoms with Gasteiger partial charge in [-0.25, -0.2) is 4.79 Å². The van der Waals surface area contributed by atoms with Crippen molar-refractivity contribution in [2.45, 2.75) is 72.6 Å². The molecule has 0 bridgehead atoms. The summed E-state index contributed by atoms with van der Waals surface area (Å²) in [5, 5.41) is 5.45. The van der Waals surface area contributed by atoms with Gasteiger partial charge in [-0.15, -0.1) is 6.58 Å². The SMILES string of the molecule is C=CCN(C(=O)CNC(=O)OC(C)(C)C)C(C(=O)NC(C)(C)C)c1cccc(C)c1C. The lowest BCUT2D eigenvalue weighted by Gasteiger charge is -2.34. The predicted molar refractivity (Wildman–Crippen MR) is 123 cm³/mol. The highest BCUT2D eigenvalue weighted by atomic mass is 16.6. The van der Waals surface area contributed by atoms with Gasteiger partial charge < -0.3 is 20.3 Å². The van der Waals surface area contributed by atoms with Gasteiger partial charge in [-0.3, -0.25) is 9.59 Å². The molecule has 1 rings (SSSR count). The number of alkyl carbamates (subject to hydrolysis) is 1. The highest BCUT2D eigenvalue weighted by Gasteiger charge is 2.34. The van der Waals surface area contributed by atoms with Gasteiger partial charge in [0.2, 0.25) is 11.8 Å². The first-order chi connectivity index (χ1) is 14.2. The van der Waals surface area contributed by atoms with Crippen LogP contribution < -0.4 is 10.6 Å². The van der Waals surface area contributed by atoms with E-state index in [1.807, 2.05) is 52.8 Å². The molecular weight excluding hydrogens is 394 g/mol. The average molecular weight is 432 g/mol. The largest absolute Gasteiger partial charge is 0.444 e. The summed E-state index contributed by atoms with van der Waals surface area (Å²) < 4.78 is 5.20. The van der Waals surface area contributed by atoms with Crippen molar-refractivity contribution in [3.63, 3.8) is 0 Å². The van der Waals surface area contributed by atoms with Crippen LogP contribution in [0.2, 0.25) is 0 Å². The summed E-state index contributed by atoms with van der Waals surface area (Å²) in [6, 6.07) is 4.80. The van der Waals surface area contributed by atoms with E-state index in [9.17, 15) is 14.4 Å². The minimum Gasteiger partial charge on any atom is -0.444 e. The lowest BCUT2D eigenvalue weighted by Crippen LogP contribution is -2.51. The van der Waals surface area contributed by atoms with Gasteiger partial charge in [0.25, 0.3) is 0 Å². The number of hydrogen-bond donors (Lipinski definition) is 2. The number of rotatable bonds is 7. The van der Waals surface area contributed by atoms with Gasteiger partial charge in [0.05, 0.1) is 0 Å². The normalized spacial score (nSPS) is 12.5. The number of hydrogen-bond acceptors (Lipinski definition) is 4. The molecule has 3 amide bonds. The molecule has 0 fully saturated rings. The quantitative estimate of drug-likeness (QED) is 0.643. The third-order valence-corrected chi connectivity index (χ3v) is 4.43. The van der Waals surface area contributed by atoms with E-state index in [-0.39, 0.29) is 19.0 Å². The van der Waals surface area contributed by atoms with Gasteiger partial charge in [-0.2, -0.15) is 0 Å². The molecule has 0 aliphatic rings. The number of amides is 3. The van der Waals surface area contributed by atoms with Crippen LogP contribution in [0.4, 0.5) is 4.79 Å². The Balaban J connectivity index is 3.27. The Hall–Kier alpha value is -2.83. The molecule has 0 aromatic heterocycles. The van der Waals surface area contributed by atoms with Gasteiger partial charge in [0.1, 0.15) is 18.2 Å². The van der Waals surface area contributed by atoms with Crippen molar-refractivity contribution in [1.29, 1.82) is 0 Å². The van der Waals surface area contributed by atoms with Crippen molar-refractivity contribution in [2.24, 2.45) is 0 Å². The molecule has 1 atom stereocenters. The van der Waals surface area contributed by atoms with Crippen molar-refractivity contribution in [1.82, 2.24) is 15.5 Å². The molecule has 0 saturated carbocycles. The van der Waals surface area contributed by atoms with Crippen LogP contribution in [0, 0.1) is 13.8 Å². The second-order valence-corrected chi connectivity index (χ2v) is 9.62. The van der Waals surface area contributed by atoms with E-state index < -0.39 is 29.2 Å². The third kappa shape index (κ3) is 8.44. The van der Waals surface area contributed by atoms with E-state index in [1.165, 1.54) is 4.90 Å². The Bertz CT molecular complexity index is 819. The zero-order chi connectivity index (χ0) is 24.0. The highest BCUT2D eigenvalue weighted by Crippen LogP contribution is 2.27. The second kappa shape index (κ2) is 10.5. The summed E-state index contributed by atoms with van der Waals surface area (Å²) in [5.74, 6) is -0.714. The molecule has 2 N–H and O–H groups in total. The van der Waals surface area contributed by atoms with Crippen molar-refractivity contribution in [3.05, 3.63) is 47.5 Å². The van der Waals surface area contributed by atoms with E-state index in [0.29, 0.717) is 0 Å². The van der Waals surface area contributed by atoms with E-state index in [1.54, 1.807) is 26.8 Å². The van der Waals surface area contributed by atoms with E-state index in [4.69, 9.17) is 4.74 Å². The average Bonchev–Trinajstić information content (AvgIpc) is 2.59. The maximum atomic E-state index is 13.3. The Morgan fingerprint density at radius 1 is 1.13 bits per heavy atom. The van der Waals surface area contributed by atoms with Crippen LogP contribution in [0.5, 0.6) is 0 Å². The minimum absolute atomic E-state index is 0.143. The van der Waals surface area contributed by atoms with Crippen molar-refractivity contribution in [3.8, 4) is 0 Å². The fourth-order valence-electron chi connectivity index (χ4n) is 3.01. The van der Waals surface area contributed by atoms with Crippen LogP contribution in [-0.2, 0) is 14.3 Å². The fraction of sp³-hybridized carbons (Fsp3) is 0.542. The molecule has 0 radical (unpaired) electrons. The molecule has 1 aromatic rings. The molecule has 0 heterocycles. The lowest BCUT2D eigenvalue weighted by atomic mass is 9.94. The molecule has 0 aliphatic carbocycles. The first-order valence-corrected chi connectivity index (χ1v) is 10.4. The summed E-state index contributed by atoms with van der Waals surface area (Å²) in [4.78, 5) is 39.9. The smallest absolute Gasteiger partial charge is 0.408 e. The standard InChI is InChI=1S/C24H37N3O4/c1-10-14-27(19(28)15-25-22(30)31-24(7,8)9)20(21(29)26-23(4,5)6)18-13-11-12-16(2)17(18)3/h10-13,20H,1,14-15H2,2-9H3,(H,25,30)(H,26,29). The zero-order valence-corrected chi connectivity index (χ0v) is 20.1. The molecule has 31 heavy (non-hydrogen) atoms. The molecule has 1 aromatic carbocycles. The Labute approximate surface area is 186 Å². The van der Waals surface area contributed by atoms with Gasteiger partial charge >= 0.3 is 6.09 Å². The number of carbonyl (C=O) groups excluding carboxylic acids is 3. The molecule has 7 heteroatoms. The van der Waals surface area contributed by atoms with Gasteiger partial charge in [-0.1, -0.05) is 24.3 Å². The zero-order valence-electron chi connectivity index (χ0n) is 20.1. The number of aryl methyl sites for hydroxylation is 1. The van der Waals surface area contributed by atoms with Gasteiger partial charge in [0.15, 0.2) is 0 Å². The summed E-state index contributed by atoms with van der Waals surface area (Å²) in [5.41, 5.74) is 1.52. The Kier molecular flexibility index (Phi) is 8.85. The molecule has 172 valence electrons. The number of benzene rings is 1. The van der Waals surface area contributed by atoms with Crippen LogP contribution in [-0.4, -0.2) is 47.0 Å². The molecule has 0 saturated heterocycles. The molecule has 1 unspecified atom stereocenters. The fourth-order valence-corrected chi connectivity index (χ4v) is 3.01. The molecule has 0 spiro atoms. The lowest BCUT2D eigenvalue weighted by molar-refractivity contribution is -0.140. The monoisotopic (exact) mass is 431 g/mol. The van der Waals surface area contributed by atoms with E-state index in [0.717, 1.165) is 16.7 Å². The molecule has 7 nitrogen and oxygen atoms in total. The number of ether oxygens (including phenoxy) is 1. The van der Waals surface area contributed by atoms with Crippen LogP contribution in [0.15, 0.2) is 30.9 Å². The third-order valence-electron chi connectivity index (χ3n) is 4.43. The number of nitrogens with zero attached hydrogens (tertiary/aromatic N) is 1. The van der Waals surface area contributed by atoms with E-state index >= 15 is 0 Å². The molecule has 0 aliphatic heterocycles. The van der Waals surface area contributed by atoms with Crippen LogP contribution in [0.3, 0.4) is 0 Å². The van der Waals surface area contributed by atoms with E-state index in [2.05, 4.69) is 17.2 Å². The van der Waals surface area contributed by atoms with Gasteiger partial charge in [-0.05, 0) is 72.1 Å². The second-order valence-electron chi connectivity index (χ2n) is 9.62. The maximum absolute atomic E-state index is 13.3.